The number of amides is 1. The minimum absolute atomic E-state index is 0.0784. The highest BCUT2D eigenvalue weighted by molar-refractivity contribution is 7.90. The van der Waals surface area contributed by atoms with Crippen LogP contribution < -0.4 is 0 Å². The zero-order valence-electron chi connectivity index (χ0n) is 14.0. The van der Waals surface area contributed by atoms with Crippen molar-refractivity contribution in [1.29, 1.82) is 0 Å². The van der Waals surface area contributed by atoms with Crippen LogP contribution in [0.4, 0.5) is 0 Å². The maximum Gasteiger partial charge on any atom is 0.232 e. The summed E-state index contributed by atoms with van der Waals surface area (Å²) in [4.78, 5) is 21.7. The summed E-state index contributed by atoms with van der Waals surface area (Å²) in [6.45, 7) is 3.48. The van der Waals surface area contributed by atoms with E-state index in [9.17, 15) is 18.1 Å². The number of carbonyl (C=O) groups is 1. The van der Waals surface area contributed by atoms with Crippen LogP contribution in [0.25, 0.3) is 10.1 Å². The Bertz CT molecular complexity index is 824. The van der Waals surface area contributed by atoms with Crippen LogP contribution in [-0.2, 0) is 25.1 Å². The molecule has 1 aromatic carbocycles. The molecule has 0 saturated carbocycles. The molecule has 9 heteroatoms. The van der Waals surface area contributed by atoms with Gasteiger partial charge in [0.1, 0.15) is 0 Å². The first-order chi connectivity index (χ1) is 11.8. The molecule has 1 atom stereocenters. The number of nitroso groups, excluding NO2 is 1. The molecule has 2 aromatic rings. The largest absolute Gasteiger partial charge is 0.377 e. The van der Waals surface area contributed by atoms with Gasteiger partial charge in [0.2, 0.25) is 6.41 Å². The second-order valence-corrected chi connectivity index (χ2v) is 9.01. The Morgan fingerprint density at radius 3 is 2.72 bits per heavy atom. The third-order valence-corrected chi connectivity index (χ3v) is 6.11. The molecule has 2 rings (SSSR count). The first-order valence-electron chi connectivity index (χ1n) is 7.69. The second-order valence-electron chi connectivity index (χ2n) is 5.95. The topological polar surface area (TPSA) is 93.1 Å². The van der Waals surface area contributed by atoms with Crippen molar-refractivity contribution in [1.82, 2.24) is 5.01 Å². The number of thiophene rings is 1. The van der Waals surface area contributed by atoms with Crippen molar-refractivity contribution in [2.24, 2.45) is 5.29 Å². The first kappa shape index (κ1) is 19.5. The normalized spacial score (nSPS) is 13.1. The van der Waals surface area contributed by atoms with Crippen LogP contribution in [0.3, 0.4) is 0 Å². The van der Waals surface area contributed by atoms with E-state index in [4.69, 9.17) is 4.74 Å². The van der Waals surface area contributed by atoms with Gasteiger partial charge in [0.25, 0.3) is 0 Å². The van der Waals surface area contributed by atoms with E-state index < -0.39 is 21.6 Å². The molecule has 7 nitrogen and oxygen atoms in total. The van der Waals surface area contributed by atoms with Crippen molar-refractivity contribution >= 4 is 37.7 Å². The molecule has 0 bridgehead atoms. The van der Waals surface area contributed by atoms with Gasteiger partial charge in [-0.2, -0.15) is 5.01 Å². The van der Waals surface area contributed by atoms with Crippen LogP contribution >= 0.6 is 11.3 Å². The van der Waals surface area contributed by atoms with E-state index in [1.807, 2.05) is 23.6 Å². The Labute approximate surface area is 150 Å². The van der Waals surface area contributed by atoms with Gasteiger partial charge in [0, 0.05) is 4.70 Å². The summed E-state index contributed by atoms with van der Waals surface area (Å²) in [5, 5.41) is 6.07. The molecule has 0 fully saturated rings. The average molecular weight is 384 g/mol. The molecule has 0 aliphatic carbocycles. The lowest BCUT2D eigenvalue weighted by molar-refractivity contribution is -0.121. The molecule has 0 saturated heterocycles. The van der Waals surface area contributed by atoms with Gasteiger partial charge in [-0.15, -0.1) is 16.2 Å². The number of nitrogens with zero attached hydrogens (tertiary/aromatic N) is 2. The number of rotatable bonds is 10. The van der Waals surface area contributed by atoms with Crippen molar-refractivity contribution < 1.29 is 17.9 Å². The molecule has 0 radical (unpaired) electrons. The summed E-state index contributed by atoms with van der Waals surface area (Å²) >= 11 is 1.59. The number of hydrogen-bond donors (Lipinski definition) is 0. The predicted molar refractivity (Wildman–Crippen MR) is 97.9 cm³/mol. The maximum absolute atomic E-state index is 12.5. The predicted octanol–water partition coefficient (Wildman–Crippen LogP) is 2.75. The summed E-state index contributed by atoms with van der Waals surface area (Å²) < 4.78 is 31.5. The molecule has 1 aromatic heterocycles. The fraction of sp³-hybridized carbons (Fsp3) is 0.438. The molecule has 1 heterocycles. The SMILES string of the molecule is CC(C)OC[C@@H](CS(=O)(=O)Cc1ccc2sccc2c1)N(C=O)N=O. The molecule has 0 aliphatic rings. The van der Waals surface area contributed by atoms with Crippen molar-refractivity contribution in [2.45, 2.75) is 31.7 Å². The van der Waals surface area contributed by atoms with Gasteiger partial charge in [-0.25, -0.2) is 8.42 Å². The third-order valence-electron chi connectivity index (χ3n) is 3.55. The smallest absolute Gasteiger partial charge is 0.232 e. The lowest BCUT2D eigenvalue weighted by Gasteiger charge is -2.22. The average Bonchev–Trinajstić information content (AvgIpc) is 3.00. The molecule has 136 valence electrons. The van der Waals surface area contributed by atoms with Crippen LogP contribution in [0.1, 0.15) is 19.4 Å². The van der Waals surface area contributed by atoms with E-state index in [1.54, 1.807) is 31.3 Å². The number of hydrogen-bond acceptors (Lipinski definition) is 7. The van der Waals surface area contributed by atoms with Gasteiger partial charge in [0.05, 0.1) is 35.5 Å². The minimum Gasteiger partial charge on any atom is -0.377 e. The van der Waals surface area contributed by atoms with Crippen LogP contribution in [0.5, 0.6) is 0 Å². The first-order valence-corrected chi connectivity index (χ1v) is 10.4. The van der Waals surface area contributed by atoms with Gasteiger partial charge < -0.3 is 4.74 Å². The van der Waals surface area contributed by atoms with Gasteiger partial charge >= 0.3 is 0 Å². The highest BCUT2D eigenvalue weighted by Gasteiger charge is 2.26. The van der Waals surface area contributed by atoms with E-state index in [1.165, 1.54) is 0 Å². The zero-order chi connectivity index (χ0) is 18.4. The molecular weight excluding hydrogens is 364 g/mol. The fourth-order valence-corrected chi connectivity index (χ4v) is 4.80. The van der Waals surface area contributed by atoms with E-state index in [2.05, 4.69) is 5.29 Å². The number of fused-ring (bicyclic) bond motifs is 1. The molecule has 0 spiro atoms. The van der Waals surface area contributed by atoms with Crippen LogP contribution in [0.15, 0.2) is 34.9 Å². The Morgan fingerprint density at radius 1 is 1.32 bits per heavy atom. The molecule has 0 N–H and O–H groups in total. The van der Waals surface area contributed by atoms with E-state index in [-0.39, 0.29) is 24.9 Å². The Hall–Kier alpha value is -1.84. The van der Waals surface area contributed by atoms with E-state index in [0.717, 1.165) is 10.1 Å². The quantitative estimate of drug-likeness (QED) is 0.357. The summed E-state index contributed by atoms with van der Waals surface area (Å²) in [5.74, 6) is -0.575. The Morgan fingerprint density at radius 2 is 2.08 bits per heavy atom. The summed E-state index contributed by atoms with van der Waals surface area (Å²) in [7, 11) is -3.57. The lowest BCUT2D eigenvalue weighted by atomic mass is 10.2. The van der Waals surface area contributed by atoms with Gasteiger partial charge in [0.15, 0.2) is 9.84 Å². The minimum atomic E-state index is -3.57. The van der Waals surface area contributed by atoms with Crippen molar-refractivity contribution in [3.05, 3.63) is 40.1 Å². The van der Waals surface area contributed by atoms with Crippen molar-refractivity contribution in [3.63, 3.8) is 0 Å². The van der Waals surface area contributed by atoms with Crippen molar-refractivity contribution in [2.75, 3.05) is 12.4 Å². The lowest BCUT2D eigenvalue weighted by Crippen LogP contribution is -2.40. The Balaban J connectivity index is 2.14. The number of ether oxygens (including phenoxy) is 1. The van der Waals surface area contributed by atoms with Gasteiger partial charge in [-0.3, -0.25) is 4.79 Å². The van der Waals surface area contributed by atoms with Crippen LogP contribution in [0.2, 0.25) is 0 Å². The number of carbonyl (C=O) groups excluding carboxylic acids is 1. The maximum atomic E-state index is 12.5. The zero-order valence-corrected chi connectivity index (χ0v) is 15.6. The highest BCUT2D eigenvalue weighted by atomic mass is 32.2. The summed E-state index contributed by atoms with van der Waals surface area (Å²) in [6, 6.07) is 6.46. The summed E-state index contributed by atoms with van der Waals surface area (Å²) in [5.41, 5.74) is 0.658. The second kappa shape index (κ2) is 8.50. The molecule has 0 unspecified atom stereocenters. The number of sulfone groups is 1. The third kappa shape index (κ3) is 5.58. The molecule has 0 aliphatic heterocycles. The molecule has 25 heavy (non-hydrogen) atoms. The Kier molecular flexibility index (Phi) is 6.63. The monoisotopic (exact) mass is 384 g/mol. The standard InChI is InChI=1S/C16H20N2O5S2/c1-12(2)23-8-15(18(11-19)17-20)10-25(21,22)9-13-3-4-16-14(7-13)5-6-24-16/h3-7,11-12,15H,8-10H2,1-2H3/t15-/m0/s1. The highest BCUT2D eigenvalue weighted by Crippen LogP contribution is 2.23. The van der Waals surface area contributed by atoms with E-state index >= 15 is 0 Å². The molecule has 1 amide bonds. The fourth-order valence-electron chi connectivity index (χ4n) is 2.39. The van der Waals surface area contributed by atoms with Gasteiger partial charge in [-0.05, 0) is 48.4 Å². The van der Waals surface area contributed by atoms with Gasteiger partial charge in [-0.1, -0.05) is 6.07 Å². The molecular formula is C16H20N2O5S2. The summed E-state index contributed by atoms with van der Waals surface area (Å²) in [6.07, 6.45) is 0.0558. The van der Waals surface area contributed by atoms with Crippen LogP contribution in [0, 0.1) is 4.91 Å². The van der Waals surface area contributed by atoms with Crippen molar-refractivity contribution in [3.8, 4) is 0 Å². The van der Waals surface area contributed by atoms with Crippen LogP contribution in [-0.4, -0.2) is 44.3 Å². The van der Waals surface area contributed by atoms with E-state index in [0.29, 0.717) is 10.6 Å². The number of benzene rings is 1.